The number of para-hydroxylation sites is 1. The highest BCUT2D eigenvalue weighted by Crippen LogP contribution is 2.32. The van der Waals surface area contributed by atoms with Gasteiger partial charge >= 0.3 is 0 Å². The van der Waals surface area contributed by atoms with E-state index in [1.807, 2.05) is 31.2 Å². The van der Waals surface area contributed by atoms with Gasteiger partial charge in [0.05, 0.1) is 30.4 Å². The van der Waals surface area contributed by atoms with Gasteiger partial charge in [-0.15, -0.1) is 0 Å². The Morgan fingerprint density at radius 3 is 2.50 bits per heavy atom. The number of carbonyl (C=O) groups excluding carboxylic acids is 1. The van der Waals surface area contributed by atoms with Crippen molar-refractivity contribution in [2.45, 2.75) is 13.8 Å². The Balaban J connectivity index is 1.50. The van der Waals surface area contributed by atoms with Crippen LogP contribution in [0.2, 0.25) is 0 Å². The van der Waals surface area contributed by atoms with Crippen LogP contribution >= 0.6 is 11.9 Å². The number of aryl methyl sites for hydroxylation is 1. The summed E-state index contributed by atoms with van der Waals surface area (Å²) in [5.74, 6) is 0.543. The quantitative estimate of drug-likeness (QED) is 0.313. The lowest BCUT2D eigenvalue weighted by Crippen LogP contribution is -2.45. The maximum atomic E-state index is 12.6. The zero-order chi connectivity index (χ0) is 25.9. The molecule has 2 aliphatic rings. The lowest BCUT2D eigenvalue weighted by molar-refractivity contribution is -0.114. The number of methoxy groups -OCH3 is 1. The van der Waals surface area contributed by atoms with E-state index in [9.17, 15) is 13.2 Å². The standard InChI is InChI=1S/C24H24N4O6S2/c1-4-36(30,31)24-27-35-23-26-22(29)17(21(25)28(23)24)13-16-9-10-19(20(14-16)32-3)34-12-11-33-18-8-6-5-7-15(18)2/h5-10,13-14,25H,4,11-12H2,1-3H3/b17-13-,25-21?. The number of hydrogen-bond acceptors (Lipinski definition) is 9. The first kappa shape index (κ1) is 25.5. The number of benzene rings is 2. The van der Waals surface area contributed by atoms with E-state index >= 15 is 0 Å². The van der Waals surface area contributed by atoms with Crippen LogP contribution in [0.1, 0.15) is 18.1 Å². The monoisotopic (exact) mass is 528 g/mol. The number of nitrogens with one attached hydrogen (secondary N) is 1. The Morgan fingerprint density at radius 2 is 1.81 bits per heavy atom. The predicted molar refractivity (Wildman–Crippen MR) is 140 cm³/mol. The van der Waals surface area contributed by atoms with Crippen molar-refractivity contribution >= 4 is 49.9 Å². The molecule has 0 bridgehead atoms. The number of hydrogen-bond donors (Lipinski definition) is 1. The minimum absolute atomic E-state index is 0.0448. The Bertz CT molecular complexity index is 1420. The number of sulfone groups is 1. The number of fused-ring (bicyclic) bond motifs is 1. The molecule has 10 nitrogen and oxygen atoms in total. The van der Waals surface area contributed by atoms with E-state index in [2.05, 4.69) is 9.39 Å². The number of aliphatic imine (C=N–C) groups is 1. The van der Waals surface area contributed by atoms with Gasteiger partial charge in [-0.25, -0.2) is 13.3 Å². The second-order valence-electron chi connectivity index (χ2n) is 7.68. The van der Waals surface area contributed by atoms with Crippen LogP contribution in [-0.2, 0) is 14.6 Å². The second-order valence-corrected chi connectivity index (χ2v) is 10.6. The number of ether oxygens (including phenoxy) is 3. The summed E-state index contributed by atoms with van der Waals surface area (Å²) in [6, 6.07) is 12.7. The topological polar surface area (TPSA) is 131 Å². The minimum Gasteiger partial charge on any atom is -0.493 e. The summed E-state index contributed by atoms with van der Waals surface area (Å²) in [6.07, 6.45) is 1.46. The predicted octanol–water partition coefficient (Wildman–Crippen LogP) is 3.47. The van der Waals surface area contributed by atoms with E-state index in [0.29, 0.717) is 23.7 Å². The van der Waals surface area contributed by atoms with Crippen LogP contribution in [0.4, 0.5) is 0 Å². The Morgan fingerprint density at radius 1 is 1.08 bits per heavy atom. The van der Waals surface area contributed by atoms with Crippen LogP contribution in [0, 0.1) is 12.3 Å². The van der Waals surface area contributed by atoms with Crippen molar-refractivity contribution in [3.8, 4) is 17.2 Å². The van der Waals surface area contributed by atoms with Gasteiger partial charge in [-0.3, -0.25) is 10.2 Å². The lowest BCUT2D eigenvalue weighted by Gasteiger charge is -2.24. The highest BCUT2D eigenvalue weighted by atomic mass is 32.2. The van der Waals surface area contributed by atoms with E-state index in [0.717, 1.165) is 28.2 Å². The summed E-state index contributed by atoms with van der Waals surface area (Å²) >= 11 is 0.758. The lowest BCUT2D eigenvalue weighted by atomic mass is 10.1. The molecule has 2 heterocycles. The Labute approximate surface area is 213 Å². The summed E-state index contributed by atoms with van der Waals surface area (Å²) in [7, 11) is -2.22. The molecule has 0 atom stereocenters. The molecule has 0 unspecified atom stereocenters. The molecular formula is C24H24N4O6S2. The summed E-state index contributed by atoms with van der Waals surface area (Å²) < 4.78 is 45.7. The normalized spacial score (nSPS) is 16.5. The molecule has 0 aromatic heterocycles. The maximum Gasteiger partial charge on any atom is 0.283 e. The molecule has 0 spiro atoms. The minimum atomic E-state index is -3.71. The van der Waals surface area contributed by atoms with E-state index in [1.54, 1.807) is 18.2 Å². The SMILES string of the molecule is CCS(=O)(=O)C1=NSC2=NC(=O)/C(=C\c3ccc(OCCOc4ccccc4C)c(OC)c3)C(=N)N21. The second kappa shape index (κ2) is 10.5. The molecule has 0 radical (unpaired) electrons. The summed E-state index contributed by atoms with van der Waals surface area (Å²) in [5, 5.41) is 8.25. The first-order valence-corrected chi connectivity index (χ1v) is 13.4. The van der Waals surface area contributed by atoms with Crippen LogP contribution in [0.15, 0.2) is 57.4 Å². The molecule has 188 valence electrons. The summed E-state index contributed by atoms with van der Waals surface area (Å²) in [5.41, 5.74) is 1.51. The Kier molecular flexibility index (Phi) is 7.45. The van der Waals surface area contributed by atoms with E-state index < -0.39 is 15.7 Å². The maximum absolute atomic E-state index is 12.6. The molecule has 2 aliphatic heterocycles. The van der Waals surface area contributed by atoms with Gasteiger partial charge in [0.15, 0.2) is 11.5 Å². The number of amides is 1. The first-order chi connectivity index (χ1) is 17.2. The van der Waals surface area contributed by atoms with E-state index in [1.165, 1.54) is 20.1 Å². The number of carbonyl (C=O) groups is 1. The van der Waals surface area contributed by atoms with Crippen LogP contribution in [-0.4, -0.2) is 61.5 Å². The average Bonchev–Trinajstić information content (AvgIpc) is 3.30. The molecule has 1 N–H and O–H groups in total. The summed E-state index contributed by atoms with van der Waals surface area (Å²) in [4.78, 5) is 17.6. The van der Waals surface area contributed by atoms with Crippen molar-refractivity contribution in [1.82, 2.24) is 4.90 Å². The fourth-order valence-corrected chi connectivity index (χ4v) is 5.37. The van der Waals surface area contributed by atoms with Gasteiger partial charge in [0, 0.05) is 0 Å². The smallest absolute Gasteiger partial charge is 0.283 e. The van der Waals surface area contributed by atoms with Crippen molar-refractivity contribution in [1.29, 1.82) is 5.41 Å². The van der Waals surface area contributed by atoms with E-state index in [4.69, 9.17) is 19.6 Å². The van der Waals surface area contributed by atoms with Gasteiger partial charge in [-0.2, -0.15) is 9.39 Å². The molecule has 1 amide bonds. The van der Waals surface area contributed by atoms with Crippen LogP contribution < -0.4 is 14.2 Å². The highest BCUT2D eigenvalue weighted by Gasteiger charge is 2.42. The molecular weight excluding hydrogens is 504 g/mol. The molecule has 0 fully saturated rings. The fraction of sp³-hybridized carbons (Fsp3) is 0.250. The first-order valence-electron chi connectivity index (χ1n) is 11.0. The van der Waals surface area contributed by atoms with Crippen LogP contribution in [0.3, 0.4) is 0 Å². The van der Waals surface area contributed by atoms with Gasteiger partial charge in [-0.1, -0.05) is 31.2 Å². The molecule has 36 heavy (non-hydrogen) atoms. The number of rotatable bonds is 8. The molecule has 0 saturated carbocycles. The van der Waals surface area contributed by atoms with Gasteiger partial charge in [0.25, 0.3) is 5.91 Å². The van der Waals surface area contributed by atoms with Crippen molar-refractivity contribution in [3.05, 3.63) is 59.2 Å². The summed E-state index contributed by atoms with van der Waals surface area (Å²) in [6.45, 7) is 4.07. The molecule has 4 rings (SSSR count). The van der Waals surface area contributed by atoms with Gasteiger partial charge in [-0.05, 0) is 42.3 Å². The van der Waals surface area contributed by atoms with Gasteiger partial charge in [0.2, 0.25) is 20.2 Å². The number of nitrogens with zero attached hydrogens (tertiary/aromatic N) is 3. The van der Waals surface area contributed by atoms with Crippen molar-refractivity contribution in [3.63, 3.8) is 0 Å². The number of amidine groups is 3. The highest BCUT2D eigenvalue weighted by molar-refractivity contribution is 8.16. The van der Waals surface area contributed by atoms with Crippen molar-refractivity contribution in [2.75, 3.05) is 26.1 Å². The van der Waals surface area contributed by atoms with Crippen molar-refractivity contribution in [2.24, 2.45) is 9.39 Å². The largest absolute Gasteiger partial charge is 0.493 e. The molecule has 0 aliphatic carbocycles. The third kappa shape index (κ3) is 5.14. The zero-order valence-electron chi connectivity index (χ0n) is 19.8. The zero-order valence-corrected chi connectivity index (χ0v) is 21.5. The molecule has 2 aromatic rings. The third-order valence-corrected chi connectivity index (χ3v) is 7.75. The van der Waals surface area contributed by atoms with Crippen LogP contribution in [0.5, 0.6) is 17.2 Å². The molecule has 2 aromatic carbocycles. The molecule has 0 saturated heterocycles. The van der Waals surface area contributed by atoms with Crippen molar-refractivity contribution < 1.29 is 27.4 Å². The van der Waals surface area contributed by atoms with Crippen LogP contribution in [0.25, 0.3) is 6.08 Å². The van der Waals surface area contributed by atoms with Gasteiger partial charge in [0.1, 0.15) is 24.8 Å². The average molecular weight is 529 g/mol. The fourth-order valence-electron chi connectivity index (χ4n) is 3.41. The Hall–Kier alpha value is -3.64. The third-order valence-electron chi connectivity index (χ3n) is 5.34. The van der Waals surface area contributed by atoms with E-state index in [-0.39, 0.29) is 34.1 Å². The van der Waals surface area contributed by atoms with Gasteiger partial charge < -0.3 is 14.2 Å². The molecule has 12 heteroatoms.